The van der Waals surface area contributed by atoms with Gasteiger partial charge in [0.2, 0.25) is 5.78 Å². The Balaban J connectivity index is 1.85. The van der Waals surface area contributed by atoms with Gasteiger partial charge < -0.3 is 31.1 Å². The fourth-order valence-electron chi connectivity index (χ4n) is 7.78. The minimum absolute atomic E-state index is 0.0664. The van der Waals surface area contributed by atoms with Crippen LogP contribution in [0.3, 0.4) is 0 Å². The van der Waals surface area contributed by atoms with Crippen molar-refractivity contribution in [2.75, 3.05) is 33.1 Å². The number of likely N-dealkylation sites (N-methyl/N-ethyl adjacent to an activating group) is 1. The van der Waals surface area contributed by atoms with Crippen molar-refractivity contribution in [3.8, 4) is 16.9 Å². The lowest BCUT2D eigenvalue weighted by molar-refractivity contribution is -0.384. The van der Waals surface area contributed by atoms with Crippen molar-refractivity contribution in [2.45, 2.75) is 38.3 Å². The summed E-state index contributed by atoms with van der Waals surface area (Å²) in [5.74, 6) is -5.60. The smallest absolute Gasteiger partial charge is 0.270 e. The standard InChI is InChI=1S/C31H34N4O9/c1-29-12-17-18(33(3)4)11-16(14-8-7-9-15(10-14)35(43)44)22(36)19(17)23(37)21(29)27(40)31(42)26(39)20(28(32)41)24(38)25(34(5)6)30(31,2)13-29/h7-11,25,36-37,39,42H,12-13H2,1-6H3,(H2,32,41)/t25-,29+,30+,31-/m1/s1. The Hall–Kier alpha value is -4.75. The molecular weight excluding hydrogens is 572 g/mol. The van der Waals surface area contributed by atoms with Gasteiger partial charge in [0.25, 0.3) is 11.6 Å². The first-order valence-electron chi connectivity index (χ1n) is 13.8. The number of hydrogen-bond donors (Lipinski definition) is 5. The van der Waals surface area contributed by atoms with Gasteiger partial charge in [-0.05, 0) is 44.1 Å². The van der Waals surface area contributed by atoms with Crippen LogP contribution in [0.25, 0.3) is 16.9 Å². The van der Waals surface area contributed by atoms with Crippen molar-refractivity contribution in [3.63, 3.8) is 0 Å². The third-order valence-corrected chi connectivity index (χ3v) is 9.46. The van der Waals surface area contributed by atoms with Crippen LogP contribution in [0.15, 0.2) is 47.2 Å². The summed E-state index contributed by atoms with van der Waals surface area (Å²) in [6.07, 6.45) is -0.0387. The number of aromatic hydroxyl groups is 1. The highest BCUT2D eigenvalue weighted by Gasteiger charge is 2.72. The highest BCUT2D eigenvalue weighted by Crippen LogP contribution is 2.64. The number of aliphatic hydroxyl groups is 3. The van der Waals surface area contributed by atoms with E-state index in [0.29, 0.717) is 11.3 Å². The van der Waals surface area contributed by atoms with Gasteiger partial charge in [0.15, 0.2) is 11.4 Å². The lowest BCUT2D eigenvalue weighted by atomic mass is 9.46. The molecule has 2 aromatic rings. The van der Waals surface area contributed by atoms with E-state index >= 15 is 0 Å². The molecule has 0 unspecified atom stereocenters. The number of aliphatic hydroxyl groups excluding tert-OH is 2. The van der Waals surface area contributed by atoms with Gasteiger partial charge in [-0.25, -0.2) is 0 Å². The van der Waals surface area contributed by atoms with Gasteiger partial charge in [-0.3, -0.25) is 29.4 Å². The third kappa shape index (κ3) is 3.82. The molecule has 5 rings (SSSR count). The van der Waals surface area contributed by atoms with Gasteiger partial charge in [-0.2, -0.15) is 0 Å². The number of fused-ring (bicyclic) bond motifs is 3. The fourth-order valence-corrected chi connectivity index (χ4v) is 7.78. The number of nitrogens with zero attached hydrogens (tertiary/aromatic N) is 3. The first-order valence-corrected chi connectivity index (χ1v) is 13.8. The predicted octanol–water partition coefficient (Wildman–Crippen LogP) is 2.39. The highest BCUT2D eigenvalue weighted by molar-refractivity contribution is 6.25. The van der Waals surface area contributed by atoms with Crippen LogP contribution < -0.4 is 10.6 Å². The van der Waals surface area contributed by atoms with E-state index in [2.05, 4.69) is 0 Å². The second kappa shape index (κ2) is 9.63. The number of amides is 1. The molecule has 3 aliphatic carbocycles. The Morgan fingerprint density at radius 2 is 1.73 bits per heavy atom. The van der Waals surface area contributed by atoms with Gasteiger partial charge in [0, 0.05) is 53.9 Å². The number of anilines is 1. The number of primary amides is 1. The van der Waals surface area contributed by atoms with Crippen molar-refractivity contribution in [3.05, 3.63) is 68.5 Å². The molecular formula is C31H34N4O9. The number of Topliss-reactive ketones (excluding diaryl/α,β-unsaturated/α-hetero) is 2. The molecule has 3 aliphatic rings. The second-order valence-corrected chi connectivity index (χ2v) is 12.8. The third-order valence-electron chi connectivity index (χ3n) is 9.46. The normalized spacial score (nSPS) is 28.0. The number of carbonyl (C=O) groups excluding carboxylic acids is 3. The molecule has 44 heavy (non-hydrogen) atoms. The Morgan fingerprint density at radius 1 is 1.09 bits per heavy atom. The number of nitro benzene ring substituents is 1. The predicted molar refractivity (Wildman–Crippen MR) is 160 cm³/mol. The minimum atomic E-state index is -2.84. The van der Waals surface area contributed by atoms with Crippen molar-refractivity contribution >= 4 is 34.6 Å². The fraction of sp³-hybridized carbons (Fsp3) is 0.387. The first kappa shape index (κ1) is 30.7. The topological polar surface area (TPSA) is 208 Å². The molecule has 0 radical (unpaired) electrons. The molecule has 13 heteroatoms. The number of rotatable bonds is 5. The molecule has 0 heterocycles. The second-order valence-electron chi connectivity index (χ2n) is 12.8. The van der Waals surface area contributed by atoms with Crippen LogP contribution in [0.4, 0.5) is 11.4 Å². The zero-order chi connectivity index (χ0) is 32.8. The number of non-ortho nitro benzene ring substituents is 1. The number of phenols is 1. The van der Waals surface area contributed by atoms with Crippen LogP contribution in [-0.2, 0) is 20.8 Å². The van der Waals surface area contributed by atoms with E-state index in [1.54, 1.807) is 52.1 Å². The van der Waals surface area contributed by atoms with Crippen molar-refractivity contribution in [2.24, 2.45) is 16.6 Å². The largest absolute Gasteiger partial charge is 0.508 e. The molecule has 232 valence electrons. The van der Waals surface area contributed by atoms with Gasteiger partial charge in [0.05, 0.1) is 16.5 Å². The molecule has 13 nitrogen and oxygen atoms in total. The quantitative estimate of drug-likeness (QED) is 0.190. The van der Waals surface area contributed by atoms with Crippen molar-refractivity contribution in [1.82, 2.24) is 4.90 Å². The average Bonchev–Trinajstić information content (AvgIpc) is 2.90. The van der Waals surface area contributed by atoms with Crippen molar-refractivity contribution < 1.29 is 39.7 Å². The Kier molecular flexibility index (Phi) is 6.72. The van der Waals surface area contributed by atoms with Crippen LogP contribution >= 0.6 is 0 Å². The first-order chi connectivity index (χ1) is 20.3. The molecule has 0 saturated heterocycles. The van der Waals surface area contributed by atoms with Crippen LogP contribution in [0, 0.1) is 20.9 Å². The molecule has 1 amide bonds. The van der Waals surface area contributed by atoms with E-state index in [1.165, 1.54) is 30.0 Å². The summed E-state index contributed by atoms with van der Waals surface area (Å²) in [6, 6.07) is 5.96. The van der Waals surface area contributed by atoms with Crippen LogP contribution in [-0.4, -0.2) is 87.6 Å². The number of nitro groups is 1. The highest BCUT2D eigenvalue weighted by atomic mass is 16.6. The van der Waals surface area contributed by atoms with E-state index in [1.807, 2.05) is 0 Å². The summed E-state index contributed by atoms with van der Waals surface area (Å²) >= 11 is 0. The van der Waals surface area contributed by atoms with E-state index in [9.17, 15) is 44.9 Å². The molecule has 4 atom stereocenters. The van der Waals surface area contributed by atoms with Crippen LogP contribution in [0.2, 0.25) is 0 Å². The zero-order valence-corrected chi connectivity index (χ0v) is 25.1. The summed E-state index contributed by atoms with van der Waals surface area (Å²) in [5.41, 5.74) is -0.408. The van der Waals surface area contributed by atoms with Crippen LogP contribution in [0.1, 0.15) is 31.4 Å². The number of carbonyl (C=O) groups is 3. The van der Waals surface area contributed by atoms with E-state index in [-0.39, 0.29) is 40.8 Å². The lowest BCUT2D eigenvalue weighted by Crippen LogP contribution is -2.72. The molecule has 0 bridgehead atoms. The average molecular weight is 607 g/mol. The van der Waals surface area contributed by atoms with E-state index in [4.69, 9.17) is 5.73 Å². The zero-order valence-electron chi connectivity index (χ0n) is 25.1. The summed E-state index contributed by atoms with van der Waals surface area (Å²) in [7, 11) is 6.56. The number of hydrogen-bond acceptors (Lipinski definition) is 11. The molecule has 1 saturated carbocycles. The Labute approximate surface area is 252 Å². The molecule has 1 fully saturated rings. The maximum absolute atomic E-state index is 14.5. The Bertz CT molecular complexity index is 1760. The minimum Gasteiger partial charge on any atom is -0.508 e. The summed E-state index contributed by atoms with van der Waals surface area (Å²) in [4.78, 5) is 54.4. The van der Waals surface area contributed by atoms with E-state index in [0.717, 1.165) is 0 Å². The lowest BCUT2D eigenvalue weighted by Gasteiger charge is -2.59. The maximum atomic E-state index is 14.5. The maximum Gasteiger partial charge on any atom is 0.270 e. The summed E-state index contributed by atoms with van der Waals surface area (Å²) in [5, 5.41) is 58.3. The molecule has 0 aliphatic heterocycles. The molecule has 0 aromatic heterocycles. The number of benzene rings is 2. The molecule has 6 N–H and O–H groups in total. The number of phenolic OH excluding ortho intramolecular Hbond substituents is 1. The van der Waals surface area contributed by atoms with Crippen LogP contribution in [0.5, 0.6) is 5.75 Å². The number of nitrogens with two attached hydrogens (primary N) is 1. The summed E-state index contributed by atoms with van der Waals surface area (Å²) in [6.45, 7) is 3.17. The number of ketones is 2. The molecule has 0 spiro atoms. The summed E-state index contributed by atoms with van der Waals surface area (Å²) < 4.78 is 0. The van der Waals surface area contributed by atoms with Gasteiger partial charge in [-0.1, -0.05) is 26.0 Å². The van der Waals surface area contributed by atoms with E-state index < -0.39 is 67.7 Å². The van der Waals surface area contributed by atoms with Gasteiger partial charge >= 0.3 is 0 Å². The van der Waals surface area contributed by atoms with Gasteiger partial charge in [0.1, 0.15) is 22.8 Å². The Morgan fingerprint density at radius 3 is 2.27 bits per heavy atom. The van der Waals surface area contributed by atoms with Crippen molar-refractivity contribution in [1.29, 1.82) is 0 Å². The SMILES string of the molecule is CN(C)c1cc(-c2cccc([N+](=O)[O-])c2)c(O)c2c1C[C@@]1(C)C[C@@]3(C)[C@H](N(C)C)C(=O)C(C(N)=O)=C(O)[C@@]3(O)C(=O)C1=C2O. The molecule has 2 aromatic carbocycles. The monoisotopic (exact) mass is 606 g/mol. The van der Waals surface area contributed by atoms with Gasteiger partial charge in [-0.15, -0.1) is 0 Å².